The molecule has 1 aromatic rings. The standard InChI is InChI=1S/C16H22N2O/c1-14(13-19)18(16-9-5-2-6-10-16)12-15-8-4-3-7-11-17-15/h2,5-11,14,17,19H,3-4,12-13H2,1H3/t14-/m1/s1. The number of benzene rings is 1. The van der Waals surface area contributed by atoms with Gasteiger partial charge in [-0.3, -0.25) is 0 Å². The predicted octanol–water partition coefficient (Wildman–Crippen LogP) is 2.65. The summed E-state index contributed by atoms with van der Waals surface area (Å²) in [7, 11) is 0. The number of rotatable bonds is 5. The summed E-state index contributed by atoms with van der Waals surface area (Å²) < 4.78 is 0. The highest BCUT2D eigenvalue weighted by Crippen LogP contribution is 2.18. The highest BCUT2D eigenvalue weighted by atomic mass is 16.3. The Morgan fingerprint density at radius 1 is 1.26 bits per heavy atom. The molecule has 0 amide bonds. The minimum atomic E-state index is 0.0948. The quantitative estimate of drug-likeness (QED) is 0.852. The molecule has 0 radical (unpaired) electrons. The van der Waals surface area contributed by atoms with Crippen LogP contribution in [0, 0.1) is 0 Å². The van der Waals surface area contributed by atoms with Gasteiger partial charge in [0.05, 0.1) is 13.2 Å². The van der Waals surface area contributed by atoms with Gasteiger partial charge < -0.3 is 15.3 Å². The van der Waals surface area contributed by atoms with E-state index in [1.807, 2.05) is 31.3 Å². The third-order valence-corrected chi connectivity index (χ3v) is 3.34. The summed E-state index contributed by atoms with van der Waals surface area (Å²) in [5.74, 6) is 0. The van der Waals surface area contributed by atoms with Gasteiger partial charge in [0.15, 0.2) is 0 Å². The molecule has 102 valence electrons. The maximum Gasteiger partial charge on any atom is 0.0632 e. The molecular weight excluding hydrogens is 236 g/mol. The number of aliphatic hydroxyl groups excluding tert-OH is 1. The second-order valence-electron chi connectivity index (χ2n) is 4.85. The van der Waals surface area contributed by atoms with Crippen molar-refractivity contribution in [2.45, 2.75) is 25.8 Å². The summed E-state index contributed by atoms with van der Waals surface area (Å²) in [6.45, 7) is 2.98. The van der Waals surface area contributed by atoms with E-state index in [4.69, 9.17) is 0 Å². The van der Waals surface area contributed by atoms with Crippen LogP contribution in [0.2, 0.25) is 0 Å². The van der Waals surface area contributed by atoms with Crippen LogP contribution in [0.4, 0.5) is 5.69 Å². The molecule has 0 saturated heterocycles. The number of nitrogens with one attached hydrogen (secondary N) is 1. The van der Waals surface area contributed by atoms with Crippen LogP contribution in [-0.2, 0) is 0 Å². The average Bonchev–Trinajstić information content (AvgIpc) is 2.73. The van der Waals surface area contributed by atoms with Crippen LogP contribution in [-0.4, -0.2) is 24.3 Å². The minimum absolute atomic E-state index is 0.0948. The highest BCUT2D eigenvalue weighted by molar-refractivity contribution is 5.48. The van der Waals surface area contributed by atoms with Gasteiger partial charge in [-0.15, -0.1) is 0 Å². The van der Waals surface area contributed by atoms with E-state index in [9.17, 15) is 5.11 Å². The number of nitrogens with zero attached hydrogens (tertiary/aromatic N) is 1. The van der Waals surface area contributed by atoms with Gasteiger partial charge in [-0.1, -0.05) is 30.4 Å². The summed E-state index contributed by atoms with van der Waals surface area (Å²) in [5, 5.41) is 12.8. The number of anilines is 1. The molecule has 19 heavy (non-hydrogen) atoms. The summed E-state index contributed by atoms with van der Waals surface area (Å²) in [6.07, 6.45) is 8.53. The summed E-state index contributed by atoms with van der Waals surface area (Å²) in [4.78, 5) is 2.22. The average molecular weight is 258 g/mol. The smallest absolute Gasteiger partial charge is 0.0632 e. The van der Waals surface area contributed by atoms with E-state index < -0.39 is 0 Å². The first kappa shape index (κ1) is 13.7. The topological polar surface area (TPSA) is 35.5 Å². The Morgan fingerprint density at radius 3 is 2.79 bits per heavy atom. The van der Waals surface area contributed by atoms with E-state index in [0.717, 1.165) is 25.1 Å². The molecule has 1 aliphatic heterocycles. The number of hydrogen-bond donors (Lipinski definition) is 2. The van der Waals surface area contributed by atoms with Crippen LogP contribution >= 0.6 is 0 Å². The van der Waals surface area contributed by atoms with Gasteiger partial charge in [-0.25, -0.2) is 0 Å². The van der Waals surface area contributed by atoms with Crippen LogP contribution in [0.15, 0.2) is 54.4 Å². The summed E-state index contributed by atoms with van der Waals surface area (Å²) in [6, 6.07) is 10.3. The first-order chi connectivity index (χ1) is 9.31. The van der Waals surface area contributed by atoms with Gasteiger partial charge in [-0.2, -0.15) is 0 Å². The normalized spacial score (nSPS) is 16.2. The molecular formula is C16H22N2O. The lowest BCUT2D eigenvalue weighted by Gasteiger charge is -2.31. The fourth-order valence-electron chi connectivity index (χ4n) is 2.18. The SMILES string of the molecule is C[C@H](CO)N(CC1=CCCC=CN1)c1ccccc1. The van der Waals surface area contributed by atoms with Gasteiger partial charge in [0, 0.05) is 17.4 Å². The third-order valence-electron chi connectivity index (χ3n) is 3.34. The van der Waals surface area contributed by atoms with Gasteiger partial charge in [0.2, 0.25) is 0 Å². The van der Waals surface area contributed by atoms with E-state index in [2.05, 4.69) is 34.5 Å². The zero-order valence-corrected chi connectivity index (χ0v) is 11.4. The molecule has 0 saturated carbocycles. The molecule has 1 aromatic carbocycles. The van der Waals surface area contributed by atoms with Crippen LogP contribution < -0.4 is 10.2 Å². The third kappa shape index (κ3) is 3.86. The van der Waals surface area contributed by atoms with Crippen molar-refractivity contribution in [2.24, 2.45) is 0 Å². The first-order valence-electron chi connectivity index (χ1n) is 6.84. The molecule has 1 atom stereocenters. The second kappa shape index (κ2) is 7.00. The lowest BCUT2D eigenvalue weighted by atomic mass is 10.2. The zero-order valence-electron chi connectivity index (χ0n) is 11.4. The monoisotopic (exact) mass is 258 g/mol. The molecule has 0 aliphatic carbocycles. The lowest BCUT2D eigenvalue weighted by Crippen LogP contribution is -2.38. The van der Waals surface area contributed by atoms with Crippen molar-refractivity contribution in [1.29, 1.82) is 0 Å². The van der Waals surface area contributed by atoms with Crippen molar-refractivity contribution >= 4 is 5.69 Å². The fraction of sp³-hybridized carbons (Fsp3) is 0.375. The number of para-hydroxylation sites is 1. The van der Waals surface area contributed by atoms with Gasteiger partial charge >= 0.3 is 0 Å². The maximum absolute atomic E-state index is 9.46. The van der Waals surface area contributed by atoms with Crippen molar-refractivity contribution in [3.63, 3.8) is 0 Å². The Bertz CT molecular complexity index is 439. The Labute approximate surface area is 115 Å². The van der Waals surface area contributed by atoms with Crippen LogP contribution in [0.1, 0.15) is 19.8 Å². The Hall–Kier alpha value is -1.74. The predicted molar refractivity (Wildman–Crippen MR) is 79.9 cm³/mol. The number of aliphatic hydroxyl groups is 1. The number of hydrogen-bond acceptors (Lipinski definition) is 3. The Kier molecular flexibility index (Phi) is 5.04. The van der Waals surface area contributed by atoms with Gasteiger partial charge in [0.1, 0.15) is 0 Å². The van der Waals surface area contributed by atoms with Crippen LogP contribution in [0.5, 0.6) is 0 Å². The molecule has 0 bridgehead atoms. The molecule has 0 aromatic heterocycles. The molecule has 1 heterocycles. The Morgan fingerprint density at radius 2 is 2.05 bits per heavy atom. The van der Waals surface area contributed by atoms with Gasteiger partial charge in [0.25, 0.3) is 0 Å². The molecule has 0 spiro atoms. The molecule has 3 nitrogen and oxygen atoms in total. The van der Waals surface area contributed by atoms with E-state index >= 15 is 0 Å². The maximum atomic E-state index is 9.46. The van der Waals surface area contributed by atoms with Crippen molar-refractivity contribution in [3.05, 3.63) is 54.4 Å². The van der Waals surface area contributed by atoms with E-state index in [1.165, 1.54) is 5.70 Å². The number of allylic oxidation sites excluding steroid dienone is 2. The van der Waals surface area contributed by atoms with Crippen molar-refractivity contribution in [1.82, 2.24) is 5.32 Å². The fourth-order valence-corrected chi connectivity index (χ4v) is 2.18. The van der Waals surface area contributed by atoms with E-state index in [0.29, 0.717) is 0 Å². The minimum Gasteiger partial charge on any atom is -0.394 e. The van der Waals surface area contributed by atoms with Crippen molar-refractivity contribution in [3.8, 4) is 0 Å². The molecule has 2 rings (SSSR count). The van der Waals surface area contributed by atoms with E-state index in [1.54, 1.807) is 0 Å². The summed E-state index contributed by atoms with van der Waals surface area (Å²) in [5.41, 5.74) is 2.33. The summed E-state index contributed by atoms with van der Waals surface area (Å²) >= 11 is 0. The van der Waals surface area contributed by atoms with Crippen LogP contribution in [0.3, 0.4) is 0 Å². The Balaban J connectivity index is 2.14. The molecule has 2 N–H and O–H groups in total. The molecule has 1 aliphatic rings. The van der Waals surface area contributed by atoms with Gasteiger partial charge in [-0.05, 0) is 38.1 Å². The van der Waals surface area contributed by atoms with Crippen LogP contribution in [0.25, 0.3) is 0 Å². The first-order valence-corrected chi connectivity index (χ1v) is 6.84. The molecule has 0 fully saturated rings. The van der Waals surface area contributed by atoms with Crippen molar-refractivity contribution < 1.29 is 5.11 Å². The van der Waals surface area contributed by atoms with E-state index in [-0.39, 0.29) is 12.6 Å². The molecule has 3 heteroatoms. The highest BCUT2D eigenvalue weighted by Gasteiger charge is 2.15. The second-order valence-corrected chi connectivity index (χ2v) is 4.85. The largest absolute Gasteiger partial charge is 0.394 e. The van der Waals surface area contributed by atoms with Crippen molar-refractivity contribution in [2.75, 3.05) is 18.1 Å². The zero-order chi connectivity index (χ0) is 13.5. The lowest BCUT2D eigenvalue weighted by molar-refractivity contribution is 0.268. The molecule has 0 unspecified atom stereocenters.